The first-order chi connectivity index (χ1) is 15.7. The highest BCUT2D eigenvalue weighted by Crippen LogP contribution is 2.59. The molecule has 0 saturated heterocycles. The van der Waals surface area contributed by atoms with E-state index in [-0.39, 0.29) is 0 Å². The lowest BCUT2D eigenvalue weighted by atomic mass is 9.51. The molecule has 3 nitrogen and oxygen atoms in total. The molecule has 0 radical (unpaired) electrons. The van der Waals surface area contributed by atoms with Crippen LogP contribution in [0.1, 0.15) is 96.5 Å². The number of fused-ring (bicyclic) bond motifs is 3. The van der Waals surface area contributed by atoms with Gasteiger partial charge >= 0.3 is 0 Å². The lowest BCUT2D eigenvalue weighted by molar-refractivity contribution is 0.0304. The van der Waals surface area contributed by atoms with E-state index < -0.39 is 0 Å². The highest BCUT2D eigenvalue weighted by molar-refractivity contribution is 5.56. The zero-order valence-corrected chi connectivity index (χ0v) is 20.1. The van der Waals surface area contributed by atoms with Crippen LogP contribution in [0.25, 0.3) is 11.4 Å². The van der Waals surface area contributed by atoms with Gasteiger partial charge < -0.3 is 4.74 Å². The van der Waals surface area contributed by atoms with Crippen LogP contribution >= 0.6 is 0 Å². The predicted molar refractivity (Wildman–Crippen MR) is 133 cm³/mol. The maximum Gasteiger partial charge on any atom is 0.159 e. The summed E-state index contributed by atoms with van der Waals surface area (Å²) in [7, 11) is 0. The molecular formula is C29H40N2O. The second kappa shape index (κ2) is 10.6. The van der Waals surface area contributed by atoms with Crippen molar-refractivity contribution in [1.82, 2.24) is 9.97 Å². The van der Waals surface area contributed by atoms with E-state index in [1.165, 1.54) is 82.6 Å². The largest absolute Gasteiger partial charge is 0.486 e. The fourth-order valence-corrected chi connectivity index (χ4v) is 5.93. The van der Waals surface area contributed by atoms with Crippen LogP contribution < -0.4 is 4.74 Å². The van der Waals surface area contributed by atoms with Gasteiger partial charge in [0.2, 0.25) is 0 Å². The Kier molecular flexibility index (Phi) is 7.65. The van der Waals surface area contributed by atoms with Crippen molar-refractivity contribution in [2.75, 3.05) is 6.61 Å². The second-order valence-electron chi connectivity index (χ2n) is 10.1. The molecule has 3 fully saturated rings. The summed E-state index contributed by atoms with van der Waals surface area (Å²) in [5, 5.41) is 0. The third-order valence-electron chi connectivity index (χ3n) is 8.18. The third-order valence-corrected chi connectivity index (χ3v) is 8.18. The van der Waals surface area contributed by atoms with Gasteiger partial charge in [-0.05, 0) is 68.3 Å². The van der Waals surface area contributed by atoms with E-state index in [0.29, 0.717) is 23.2 Å². The predicted octanol–water partition coefficient (Wildman–Crippen LogP) is 8.05. The monoisotopic (exact) mass is 432 g/mol. The number of ether oxygens (including phenoxy) is 1. The minimum absolute atomic E-state index is 0.411. The van der Waals surface area contributed by atoms with Gasteiger partial charge in [0.1, 0.15) is 6.61 Å². The Bertz CT molecular complexity index is 845. The quantitative estimate of drug-likeness (QED) is 0.266. The molecule has 172 valence electrons. The molecule has 1 aromatic carbocycles. The molecule has 3 aliphatic carbocycles. The normalized spacial score (nSPS) is 24.8. The SMILES string of the molecule is CC=CCOc1cnc(-c2ccc(C34CCC(CCCCCCC)(CC3)CC4)cc2)nc1. The molecule has 3 heteroatoms. The topological polar surface area (TPSA) is 35.0 Å². The molecular weight excluding hydrogens is 392 g/mol. The molecule has 0 amide bonds. The van der Waals surface area contributed by atoms with Crippen molar-refractivity contribution >= 4 is 0 Å². The smallest absolute Gasteiger partial charge is 0.159 e. The average Bonchev–Trinajstić information content (AvgIpc) is 2.86. The standard InChI is InChI=1S/C29H40N2O/c1-3-5-7-8-9-14-28-15-18-29(19-16-28,20-17-28)25-12-10-24(11-13-25)27-30-22-26(23-31-27)32-21-6-4-2/h4,6,10-13,22-23H,3,5,7-9,14-21H2,1-2H3. The molecule has 0 N–H and O–H groups in total. The summed E-state index contributed by atoms with van der Waals surface area (Å²) >= 11 is 0. The summed E-state index contributed by atoms with van der Waals surface area (Å²) in [6, 6.07) is 9.12. The van der Waals surface area contributed by atoms with E-state index in [1.54, 1.807) is 12.4 Å². The molecule has 2 aromatic rings. The van der Waals surface area contributed by atoms with Gasteiger partial charge in [0.15, 0.2) is 11.6 Å². The second-order valence-corrected chi connectivity index (χ2v) is 10.1. The van der Waals surface area contributed by atoms with Crippen molar-refractivity contribution in [1.29, 1.82) is 0 Å². The van der Waals surface area contributed by atoms with E-state index in [4.69, 9.17) is 4.74 Å². The number of hydrogen-bond acceptors (Lipinski definition) is 3. The van der Waals surface area contributed by atoms with E-state index in [1.807, 2.05) is 19.1 Å². The number of allylic oxidation sites excluding steroid dienone is 1. The maximum atomic E-state index is 5.61. The first-order valence-corrected chi connectivity index (χ1v) is 12.9. The van der Waals surface area contributed by atoms with Crippen LogP contribution in [0.2, 0.25) is 0 Å². The first kappa shape index (κ1) is 23.0. The molecule has 0 atom stereocenters. The summed E-state index contributed by atoms with van der Waals surface area (Å²) in [6.07, 6.45) is 24.4. The van der Waals surface area contributed by atoms with E-state index in [9.17, 15) is 0 Å². The Hall–Kier alpha value is -2.16. The van der Waals surface area contributed by atoms with Gasteiger partial charge in [-0.25, -0.2) is 9.97 Å². The Balaban J connectivity index is 1.34. The fourth-order valence-electron chi connectivity index (χ4n) is 5.93. The number of nitrogens with zero attached hydrogens (tertiary/aromatic N) is 2. The van der Waals surface area contributed by atoms with Crippen LogP contribution in [0.3, 0.4) is 0 Å². The highest BCUT2D eigenvalue weighted by Gasteiger charge is 2.48. The third kappa shape index (κ3) is 5.24. The Morgan fingerprint density at radius 2 is 1.53 bits per heavy atom. The number of rotatable bonds is 11. The summed E-state index contributed by atoms with van der Waals surface area (Å²) < 4.78 is 5.61. The molecule has 0 aliphatic heterocycles. The van der Waals surface area contributed by atoms with Gasteiger partial charge in [0.05, 0.1) is 12.4 Å². The van der Waals surface area contributed by atoms with Crippen molar-refractivity contribution in [2.45, 2.75) is 96.3 Å². The lowest BCUT2D eigenvalue weighted by Gasteiger charge is -2.54. The maximum absolute atomic E-state index is 5.61. The molecule has 32 heavy (non-hydrogen) atoms. The van der Waals surface area contributed by atoms with Crippen LogP contribution in [-0.4, -0.2) is 16.6 Å². The molecule has 3 aliphatic rings. The minimum Gasteiger partial charge on any atom is -0.486 e. The van der Waals surface area contributed by atoms with Crippen molar-refractivity contribution in [3.05, 3.63) is 54.4 Å². The van der Waals surface area contributed by atoms with Gasteiger partial charge in [0, 0.05) is 5.56 Å². The lowest BCUT2D eigenvalue weighted by Crippen LogP contribution is -2.44. The summed E-state index contributed by atoms with van der Waals surface area (Å²) in [6.45, 7) is 4.84. The number of benzene rings is 1. The van der Waals surface area contributed by atoms with Crippen molar-refractivity contribution in [2.24, 2.45) is 5.41 Å². The molecule has 0 spiro atoms. The van der Waals surface area contributed by atoms with Gasteiger partial charge in [-0.3, -0.25) is 0 Å². The van der Waals surface area contributed by atoms with Crippen molar-refractivity contribution in [3.63, 3.8) is 0 Å². The zero-order chi connectivity index (χ0) is 22.3. The van der Waals surface area contributed by atoms with Crippen LogP contribution in [0.4, 0.5) is 0 Å². The highest BCUT2D eigenvalue weighted by atomic mass is 16.5. The van der Waals surface area contributed by atoms with Crippen LogP contribution in [0.5, 0.6) is 5.75 Å². The molecule has 1 aromatic heterocycles. The Morgan fingerprint density at radius 3 is 2.16 bits per heavy atom. The van der Waals surface area contributed by atoms with E-state index in [2.05, 4.69) is 41.2 Å². The molecule has 0 unspecified atom stereocenters. The Morgan fingerprint density at radius 1 is 0.875 bits per heavy atom. The van der Waals surface area contributed by atoms with Gasteiger partial charge in [-0.2, -0.15) is 0 Å². The van der Waals surface area contributed by atoms with Crippen LogP contribution in [0, 0.1) is 5.41 Å². The van der Waals surface area contributed by atoms with E-state index in [0.717, 1.165) is 11.4 Å². The minimum atomic E-state index is 0.411. The van der Waals surface area contributed by atoms with Gasteiger partial charge in [-0.15, -0.1) is 0 Å². The van der Waals surface area contributed by atoms with E-state index >= 15 is 0 Å². The molecule has 3 saturated carbocycles. The molecule has 1 heterocycles. The molecule has 2 bridgehead atoms. The molecule has 5 rings (SSSR count). The Labute approximate surface area is 194 Å². The number of aromatic nitrogens is 2. The van der Waals surface area contributed by atoms with Gasteiger partial charge in [0.25, 0.3) is 0 Å². The van der Waals surface area contributed by atoms with Crippen molar-refractivity contribution < 1.29 is 4.74 Å². The van der Waals surface area contributed by atoms with Crippen molar-refractivity contribution in [3.8, 4) is 17.1 Å². The first-order valence-electron chi connectivity index (χ1n) is 12.9. The number of unbranched alkanes of at least 4 members (excludes halogenated alkanes) is 4. The van der Waals surface area contributed by atoms with Gasteiger partial charge in [-0.1, -0.05) is 75.4 Å². The summed E-state index contributed by atoms with van der Waals surface area (Å²) in [4.78, 5) is 9.02. The van der Waals surface area contributed by atoms with Crippen LogP contribution in [0.15, 0.2) is 48.8 Å². The van der Waals surface area contributed by atoms with Crippen LogP contribution in [-0.2, 0) is 5.41 Å². The fraction of sp³-hybridized carbons (Fsp3) is 0.586. The summed E-state index contributed by atoms with van der Waals surface area (Å²) in [5.74, 6) is 1.47. The number of hydrogen-bond donors (Lipinski definition) is 0. The zero-order valence-electron chi connectivity index (χ0n) is 20.1. The average molecular weight is 433 g/mol. The summed E-state index contributed by atoms with van der Waals surface area (Å²) in [5.41, 5.74) is 3.69.